The van der Waals surface area contributed by atoms with Crippen LogP contribution < -0.4 is 5.32 Å². The molecule has 56 heavy (non-hydrogen) atoms. The van der Waals surface area contributed by atoms with Gasteiger partial charge in [0.05, 0.1) is 0 Å². The van der Waals surface area contributed by atoms with Gasteiger partial charge in [-0.25, -0.2) is 4.99 Å². The van der Waals surface area contributed by atoms with Crippen LogP contribution in [0.3, 0.4) is 0 Å². The van der Waals surface area contributed by atoms with Crippen molar-refractivity contribution >= 4 is 22.2 Å². The average molecular weight is 728 g/mol. The maximum Gasteiger partial charge on any atom is 0.132 e. The fourth-order valence-electron chi connectivity index (χ4n) is 10.0. The van der Waals surface area contributed by atoms with Gasteiger partial charge in [-0.2, -0.15) is 0 Å². The maximum absolute atomic E-state index is 5.56. The fraction of sp³-hybridized carbons (Fsp3) is 0.226. The lowest BCUT2D eigenvalue weighted by molar-refractivity contribution is 0.177. The van der Waals surface area contributed by atoms with E-state index >= 15 is 0 Å². The van der Waals surface area contributed by atoms with Gasteiger partial charge in [-0.1, -0.05) is 184 Å². The second-order valence-corrected chi connectivity index (χ2v) is 16.7. The Morgan fingerprint density at radius 3 is 2.30 bits per heavy atom. The Labute approximate surface area is 331 Å². The highest BCUT2D eigenvalue weighted by Crippen LogP contribution is 2.57. The van der Waals surface area contributed by atoms with Crippen LogP contribution in [0.25, 0.3) is 27.5 Å². The summed E-state index contributed by atoms with van der Waals surface area (Å²) in [7, 11) is 2.22. The largest absolute Gasteiger partial charge is 0.350 e. The van der Waals surface area contributed by atoms with E-state index in [0.29, 0.717) is 5.92 Å². The zero-order valence-corrected chi connectivity index (χ0v) is 32.6. The molecule has 276 valence electrons. The van der Waals surface area contributed by atoms with Gasteiger partial charge < -0.3 is 5.32 Å². The van der Waals surface area contributed by atoms with Crippen molar-refractivity contribution in [1.82, 2.24) is 10.2 Å². The number of nitrogens with zero attached hydrogens (tertiary/aromatic N) is 2. The Morgan fingerprint density at radius 1 is 0.786 bits per heavy atom. The van der Waals surface area contributed by atoms with E-state index in [1.54, 1.807) is 0 Å². The molecular weight excluding hydrogens is 679 g/mol. The average Bonchev–Trinajstić information content (AvgIpc) is 3.48. The summed E-state index contributed by atoms with van der Waals surface area (Å²) in [5.74, 6) is 1.92. The second kappa shape index (κ2) is 14.1. The number of fused-ring (bicyclic) bond motifs is 4. The first kappa shape index (κ1) is 34.7. The SMILES string of the molecule is CN1C(C2=CCC(c3ccccc3)C=C2)NC(C2=CC3C(C=C2)c2c(cc4ccccc4c2-c2ccccc2)C3(C)C)=NC1c1ccc(C2=CC=CCC2)cc1. The van der Waals surface area contributed by atoms with E-state index in [4.69, 9.17) is 4.99 Å². The smallest absolute Gasteiger partial charge is 0.132 e. The predicted molar refractivity (Wildman–Crippen MR) is 235 cm³/mol. The topological polar surface area (TPSA) is 27.6 Å². The molecule has 3 nitrogen and oxygen atoms in total. The third-order valence-electron chi connectivity index (χ3n) is 13.1. The summed E-state index contributed by atoms with van der Waals surface area (Å²) in [6, 6.07) is 42.5. The molecule has 0 amide bonds. The van der Waals surface area contributed by atoms with Crippen molar-refractivity contribution < 1.29 is 0 Å². The molecule has 5 atom stereocenters. The maximum atomic E-state index is 5.56. The zero-order chi connectivity index (χ0) is 37.8. The molecule has 10 rings (SSSR count). The van der Waals surface area contributed by atoms with Crippen LogP contribution in [-0.4, -0.2) is 23.9 Å². The van der Waals surface area contributed by atoms with Crippen molar-refractivity contribution in [3.63, 3.8) is 0 Å². The van der Waals surface area contributed by atoms with E-state index in [9.17, 15) is 0 Å². The van der Waals surface area contributed by atoms with Crippen molar-refractivity contribution in [3.8, 4) is 11.1 Å². The monoisotopic (exact) mass is 727 g/mol. The summed E-state index contributed by atoms with van der Waals surface area (Å²) in [4.78, 5) is 7.97. The van der Waals surface area contributed by atoms with Gasteiger partial charge in [0.15, 0.2) is 0 Å². The normalized spacial score (nSPS) is 25.1. The Morgan fingerprint density at radius 2 is 1.55 bits per heavy atom. The van der Waals surface area contributed by atoms with E-state index < -0.39 is 0 Å². The number of benzene rings is 5. The molecule has 0 radical (unpaired) electrons. The summed E-state index contributed by atoms with van der Waals surface area (Å²) < 4.78 is 0. The highest BCUT2D eigenvalue weighted by atomic mass is 15.4. The molecule has 0 spiro atoms. The minimum atomic E-state index is -0.137. The van der Waals surface area contributed by atoms with Crippen LogP contribution >= 0.6 is 0 Å². The van der Waals surface area contributed by atoms with Gasteiger partial charge in [0, 0.05) is 17.4 Å². The highest BCUT2D eigenvalue weighted by molar-refractivity contribution is 6.03. The zero-order valence-electron chi connectivity index (χ0n) is 32.6. The van der Waals surface area contributed by atoms with E-state index in [-0.39, 0.29) is 29.6 Å². The minimum absolute atomic E-state index is 0.0258. The standard InChI is InChI=1S/C53H49N3/c1-53(2)46-34-43(31-32-45(46)49-47(53)33-42-21-13-14-22-44(42)48(49)39-19-11-6-12-20-39)50-54-51(40-27-23-37(24-28-40)35-15-7-4-8-16-35)56(3)52(55-50)41-29-25-38(26-30-41)36-17-9-5-10-18-36/h4-9,11-17,19-23,25-34,37,45-46,51-52H,10,18,24H2,1-3H3,(H,54,55). The molecule has 0 aromatic heterocycles. The number of allylic oxidation sites excluding steroid dienone is 8. The van der Waals surface area contributed by atoms with Crippen LogP contribution in [0.4, 0.5) is 0 Å². The first-order valence-electron chi connectivity index (χ1n) is 20.4. The Kier molecular flexibility index (Phi) is 8.72. The molecule has 3 heteroatoms. The van der Waals surface area contributed by atoms with Crippen LogP contribution in [0.1, 0.15) is 78.9 Å². The summed E-state index contributed by atoms with van der Waals surface area (Å²) in [5, 5.41) is 6.61. The summed E-state index contributed by atoms with van der Waals surface area (Å²) in [6.45, 7) is 4.89. The van der Waals surface area contributed by atoms with Crippen molar-refractivity contribution in [3.05, 3.63) is 209 Å². The lowest BCUT2D eigenvalue weighted by Crippen LogP contribution is -2.53. The highest BCUT2D eigenvalue weighted by Gasteiger charge is 2.47. The molecular formula is C53H49N3. The van der Waals surface area contributed by atoms with Crippen molar-refractivity contribution in [2.45, 2.75) is 62.7 Å². The van der Waals surface area contributed by atoms with E-state index in [1.807, 2.05) is 0 Å². The van der Waals surface area contributed by atoms with Crippen LogP contribution in [0.2, 0.25) is 0 Å². The molecule has 0 fully saturated rings. The molecule has 5 aromatic rings. The van der Waals surface area contributed by atoms with Gasteiger partial charge in [-0.15, -0.1) is 0 Å². The minimum Gasteiger partial charge on any atom is -0.350 e. The van der Waals surface area contributed by atoms with Gasteiger partial charge in [-0.05, 0) is 98.5 Å². The second-order valence-electron chi connectivity index (χ2n) is 16.7. The molecule has 1 aliphatic heterocycles. The summed E-state index contributed by atoms with van der Waals surface area (Å²) in [6.07, 6.45) is 24.2. The third-order valence-corrected chi connectivity index (χ3v) is 13.1. The molecule has 5 aromatic carbocycles. The number of hydrogen-bond donors (Lipinski definition) is 1. The van der Waals surface area contributed by atoms with Crippen LogP contribution in [0.15, 0.2) is 186 Å². The van der Waals surface area contributed by atoms with Crippen molar-refractivity contribution in [1.29, 1.82) is 0 Å². The third kappa shape index (κ3) is 5.97. The summed E-state index contributed by atoms with van der Waals surface area (Å²) in [5.41, 5.74) is 13.3. The molecule has 0 saturated carbocycles. The first-order valence-corrected chi connectivity index (χ1v) is 20.4. The number of aliphatic imine (C=N–C) groups is 1. The molecule has 4 aliphatic carbocycles. The number of nitrogens with one attached hydrogen (secondary N) is 1. The van der Waals surface area contributed by atoms with E-state index in [1.165, 1.54) is 66.4 Å². The van der Waals surface area contributed by atoms with Crippen LogP contribution in [-0.2, 0) is 5.41 Å². The van der Waals surface area contributed by atoms with Gasteiger partial charge in [-0.3, -0.25) is 4.90 Å². The van der Waals surface area contributed by atoms with E-state index in [2.05, 4.69) is 201 Å². The Hall–Kier alpha value is -5.77. The van der Waals surface area contributed by atoms with Crippen molar-refractivity contribution in [2.75, 3.05) is 7.05 Å². The molecule has 1 heterocycles. The first-order chi connectivity index (χ1) is 27.4. The van der Waals surface area contributed by atoms with Gasteiger partial charge in [0.2, 0.25) is 0 Å². The fourth-order valence-corrected chi connectivity index (χ4v) is 10.0. The van der Waals surface area contributed by atoms with Crippen LogP contribution in [0, 0.1) is 5.92 Å². The molecule has 5 unspecified atom stereocenters. The lowest BCUT2D eigenvalue weighted by atomic mass is 9.73. The van der Waals surface area contributed by atoms with Crippen molar-refractivity contribution in [2.24, 2.45) is 10.9 Å². The quantitative estimate of drug-likeness (QED) is 0.189. The number of likely N-dealkylation sites (N-methyl/N-ethyl adjacent to an activating group) is 1. The van der Waals surface area contributed by atoms with Gasteiger partial charge in [0.1, 0.15) is 18.2 Å². The Balaban J connectivity index is 1.03. The van der Waals surface area contributed by atoms with Gasteiger partial charge in [0.25, 0.3) is 0 Å². The molecule has 5 aliphatic rings. The van der Waals surface area contributed by atoms with Crippen LogP contribution in [0.5, 0.6) is 0 Å². The van der Waals surface area contributed by atoms with Gasteiger partial charge >= 0.3 is 0 Å². The molecule has 0 bridgehead atoms. The number of rotatable bonds is 6. The Bertz CT molecular complexity index is 2530. The summed E-state index contributed by atoms with van der Waals surface area (Å²) >= 11 is 0. The number of hydrogen-bond acceptors (Lipinski definition) is 3. The molecule has 0 saturated heterocycles. The lowest BCUT2D eigenvalue weighted by Gasteiger charge is -2.41. The predicted octanol–water partition coefficient (Wildman–Crippen LogP) is 12.4. The number of amidine groups is 1. The molecule has 1 N–H and O–H groups in total. The van der Waals surface area contributed by atoms with E-state index in [0.717, 1.165) is 25.1 Å².